The predicted molar refractivity (Wildman–Crippen MR) is 49.2 cm³/mol. The Morgan fingerprint density at radius 2 is 1.73 bits per heavy atom. The number of nitrogens with one attached hydrogen (secondary N) is 1. The summed E-state index contributed by atoms with van der Waals surface area (Å²) in [6.45, 7) is 2.66. The summed E-state index contributed by atoms with van der Waals surface area (Å²) in [4.78, 5) is 0. The van der Waals surface area contributed by atoms with Crippen molar-refractivity contribution in [2.75, 3.05) is 19.7 Å². The molecule has 0 aromatic rings. The minimum atomic E-state index is 0. The fourth-order valence-corrected chi connectivity index (χ4v) is 1.48. The van der Waals surface area contributed by atoms with Gasteiger partial charge in [0.05, 0.1) is 0 Å². The van der Waals surface area contributed by atoms with Crippen molar-refractivity contribution < 1.29 is 5.11 Å². The first-order chi connectivity index (χ1) is 4.93. The summed E-state index contributed by atoms with van der Waals surface area (Å²) in [6, 6.07) is 0. The number of hydrogen-bond donors (Lipinski definition) is 2. The van der Waals surface area contributed by atoms with Gasteiger partial charge < -0.3 is 10.4 Å². The van der Waals surface area contributed by atoms with Crippen molar-refractivity contribution in [3.8, 4) is 0 Å². The molecule has 0 unspecified atom stereocenters. The van der Waals surface area contributed by atoms with Gasteiger partial charge in [0, 0.05) is 6.61 Å². The number of halogens is 1. The van der Waals surface area contributed by atoms with E-state index < -0.39 is 0 Å². The van der Waals surface area contributed by atoms with Crippen LogP contribution in [-0.2, 0) is 0 Å². The Morgan fingerprint density at radius 1 is 1.18 bits per heavy atom. The smallest absolute Gasteiger partial charge is 0.0459 e. The Balaban J connectivity index is 0.000001000. The molecule has 2 nitrogen and oxygen atoms in total. The second-order valence-electron chi connectivity index (χ2n) is 3.08. The maximum Gasteiger partial charge on any atom is 0.0459 e. The van der Waals surface area contributed by atoms with E-state index in [-0.39, 0.29) is 12.4 Å². The van der Waals surface area contributed by atoms with Gasteiger partial charge in [-0.2, -0.15) is 0 Å². The zero-order valence-corrected chi connectivity index (χ0v) is 7.70. The van der Waals surface area contributed by atoms with E-state index in [1.165, 1.54) is 25.7 Å². The molecule has 0 spiro atoms. The van der Waals surface area contributed by atoms with E-state index in [2.05, 4.69) is 5.32 Å². The molecular formula is C8H18ClNO. The van der Waals surface area contributed by atoms with E-state index in [4.69, 9.17) is 5.11 Å². The lowest BCUT2D eigenvalue weighted by molar-refractivity contribution is 0.201. The minimum absolute atomic E-state index is 0. The Morgan fingerprint density at radius 3 is 2.18 bits per heavy atom. The molecule has 0 aromatic carbocycles. The zero-order chi connectivity index (χ0) is 7.23. The fraction of sp³-hybridized carbons (Fsp3) is 1.00. The highest BCUT2D eigenvalue weighted by Gasteiger charge is 2.08. The van der Waals surface area contributed by atoms with E-state index in [9.17, 15) is 0 Å². The second kappa shape index (κ2) is 6.89. The van der Waals surface area contributed by atoms with Crippen LogP contribution in [0.3, 0.4) is 0 Å². The van der Waals surface area contributed by atoms with Gasteiger partial charge in [0.15, 0.2) is 0 Å². The molecule has 11 heavy (non-hydrogen) atoms. The highest BCUT2D eigenvalue weighted by molar-refractivity contribution is 5.85. The molecule has 0 aliphatic carbocycles. The Bertz CT molecular complexity index is 82.2. The minimum Gasteiger partial charge on any atom is -0.396 e. The summed E-state index contributed by atoms with van der Waals surface area (Å²) in [5.74, 6) is 0.585. The normalized spacial score (nSPS) is 21.5. The van der Waals surface area contributed by atoms with Gasteiger partial charge in [-0.05, 0) is 44.7 Å². The molecule has 3 heteroatoms. The summed E-state index contributed by atoms with van der Waals surface area (Å²) < 4.78 is 0. The first-order valence-electron chi connectivity index (χ1n) is 4.25. The molecule has 0 bridgehead atoms. The van der Waals surface area contributed by atoms with Crippen LogP contribution < -0.4 is 5.32 Å². The molecule has 1 fully saturated rings. The monoisotopic (exact) mass is 179 g/mol. The summed E-state index contributed by atoms with van der Waals surface area (Å²) in [5.41, 5.74) is 0. The maximum atomic E-state index is 8.89. The summed E-state index contributed by atoms with van der Waals surface area (Å²) >= 11 is 0. The predicted octanol–water partition coefficient (Wildman–Crippen LogP) is 1.18. The number of rotatable bonds is 1. The molecule has 1 rings (SSSR count). The van der Waals surface area contributed by atoms with Gasteiger partial charge in [0.1, 0.15) is 0 Å². The first kappa shape index (κ1) is 11.2. The lowest BCUT2D eigenvalue weighted by Gasteiger charge is -2.17. The SMILES string of the molecule is Cl.OCC1CCCNCCC1. The van der Waals surface area contributed by atoms with Crippen molar-refractivity contribution in [3.05, 3.63) is 0 Å². The van der Waals surface area contributed by atoms with Gasteiger partial charge in [-0.25, -0.2) is 0 Å². The van der Waals surface area contributed by atoms with Gasteiger partial charge in [-0.15, -0.1) is 12.4 Å². The third-order valence-corrected chi connectivity index (χ3v) is 2.19. The van der Waals surface area contributed by atoms with Crippen LogP contribution in [-0.4, -0.2) is 24.8 Å². The van der Waals surface area contributed by atoms with Crippen LogP contribution in [0, 0.1) is 5.92 Å². The molecule has 1 aliphatic rings. The van der Waals surface area contributed by atoms with E-state index in [1.54, 1.807) is 0 Å². The van der Waals surface area contributed by atoms with Crippen molar-refractivity contribution in [1.82, 2.24) is 5.32 Å². The van der Waals surface area contributed by atoms with Gasteiger partial charge in [-0.3, -0.25) is 0 Å². The van der Waals surface area contributed by atoms with Crippen LogP contribution in [0.1, 0.15) is 25.7 Å². The lowest BCUT2D eigenvalue weighted by atomic mass is 9.97. The number of aliphatic hydroxyl groups is 1. The van der Waals surface area contributed by atoms with Crippen LogP contribution in [0.25, 0.3) is 0 Å². The molecule has 2 N–H and O–H groups in total. The summed E-state index contributed by atoms with van der Waals surface area (Å²) in [7, 11) is 0. The first-order valence-corrected chi connectivity index (χ1v) is 4.25. The Hall–Kier alpha value is 0.210. The molecular weight excluding hydrogens is 162 g/mol. The molecule has 0 atom stereocenters. The van der Waals surface area contributed by atoms with E-state index in [0.29, 0.717) is 12.5 Å². The van der Waals surface area contributed by atoms with Crippen LogP contribution in [0.5, 0.6) is 0 Å². The van der Waals surface area contributed by atoms with Crippen LogP contribution in [0.15, 0.2) is 0 Å². The van der Waals surface area contributed by atoms with Crippen LogP contribution >= 0.6 is 12.4 Å². The van der Waals surface area contributed by atoms with Crippen LogP contribution in [0.2, 0.25) is 0 Å². The van der Waals surface area contributed by atoms with Crippen LogP contribution in [0.4, 0.5) is 0 Å². The highest BCUT2D eigenvalue weighted by atomic mass is 35.5. The van der Waals surface area contributed by atoms with Gasteiger partial charge >= 0.3 is 0 Å². The number of hydrogen-bond acceptors (Lipinski definition) is 2. The fourth-order valence-electron chi connectivity index (χ4n) is 1.48. The highest BCUT2D eigenvalue weighted by Crippen LogP contribution is 2.13. The second-order valence-corrected chi connectivity index (χ2v) is 3.08. The Labute approximate surface area is 74.8 Å². The van der Waals surface area contributed by atoms with E-state index in [0.717, 1.165) is 13.1 Å². The molecule has 1 aliphatic heterocycles. The standard InChI is InChI=1S/C8H17NO.ClH/c10-7-8-3-1-5-9-6-2-4-8;/h8-10H,1-7H2;1H. The average molecular weight is 180 g/mol. The van der Waals surface area contributed by atoms with E-state index in [1.807, 2.05) is 0 Å². The molecule has 1 heterocycles. The third kappa shape index (κ3) is 4.62. The van der Waals surface area contributed by atoms with Gasteiger partial charge in [-0.1, -0.05) is 0 Å². The summed E-state index contributed by atoms with van der Waals surface area (Å²) in [5, 5.41) is 12.2. The lowest BCUT2D eigenvalue weighted by Crippen LogP contribution is -2.22. The molecule has 0 saturated carbocycles. The van der Waals surface area contributed by atoms with Crippen molar-refractivity contribution in [2.45, 2.75) is 25.7 Å². The zero-order valence-electron chi connectivity index (χ0n) is 6.88. The average Bonchev–Trinajstić information content (AvgIpc) is 1.87. The third-order valence-electron chi connectivity index (χ3n) is 2.19. The molecule has 0 aromatic heterocycles. The molecule has 1 saturated heterocycles. The topological polar surface area (TPSA) is 32.3 Å². The quantitative estimate of drug-likeness (QED) is 0.634. The molecule has 0 amide bonds. The largest absolute Gasteiger partial charge is 0.396 e. The maximum absolute atomic E-state index is 8.89. The van der Waals surface area contributed by atoms with Crippen molar-refractivity contribution in [2.24, 2.45) is 5.92 Å². The molecule has 0 radical (unpaired) electrons. The number of aliphatic hydroxyl groups excluding tert-OH is 1. The van der Waals surface area contributed by atoms with E-state index >= 15 is 0 Å². The van der Waals surface area contributed by atoms with Crippen molar-refractivity contribution in [1.29, 1.82) is 0 Å². The van der Waals surface area contributed by atoms with Crippen molar-refractivity contribution in [3.63, 3.8) is 0 Å². The summed E-state index contributed by atoms with van der Waals surface area (Å²) in [6.07, 6.45) is 4.85. The van der Waals surface area contributed by atoms with Gasteiger partial charge in [0.25, 0.3) is 0 Å². The van der Waals surface area contributed by atoms with Gasteiger partial charge in [0.2, 0.25) is 0 Å². The van der Waals surface area contributed by atoms with Crippen molar-refractivity contribution >= 4 is 12.4 Å². The Kier molecular flexibility index (Phi) is 7.02. The molecule has 68 valence electrons.